The third kappa shape index (κ3) is 4.95. The maximum atomic E-state index is 12.0. The summed E-state index contributed by atoms with van der Waals surface area (Å²) in [6.45, 7) is 1.86. The Labute approximate surface area is 146 Å². The van der Waals surface area contributed by atoms with Crippen LogP contribution < -0.4 is 5.32 Å². The largest absolute Gasteiger partial charge is 0.462 e. The number of hydrogen-bond acceptors (Lipinski definition) is 3. The fraction of sp³-hybridized carbons (Fsp3) is 0.0476. The van der Waals surface area contributed by atoms with E-state index < -0.39 is 0 Å². The lowest BCUT2D eigenvalue weighted by Crippen LogP contribution is -2.07. The van der Waals surface area contributed by atoms with Crippen LogP contribution in [-0.2, 0) is 4.79 Å². The zero-order valence-corrected chi connectivity index (χ0v) is 13.7. The Bertz CT molecular complexity index is 960. The number of pyridine rings is 1. The van der Waals surface area contributed by atoms with E-state index in [0.717, 1.165) is 11.3 Å². The number of hydrogen-bond donors (Lipinski definition) is 1. The molecule has 0 aliphatic carbocycles. The van der Waals surface area contributed by atoms with Crippen molar-refractivity contribution in [2.75, 3.05) is 5.32 Å². The summed E-state index contributed by atoms with van der Waals surface area (Å²) in [5, 5.41) is 2.81. The molecule has 4 heteroatoms. The zero-order chi connectivity index (χ0) is 17.5. The highest BCUT2D eigenvalue weighted by Gasteiger charge is 2.00. The smallest absolute Gasteiger partial charge is 0.248 e. The number of nitrogens with zero attached hydrogens (tertiary/aromatic N) is 1. The summed E-state index contributed by atoms with van der Waals surface area (Å²) in [4.78, 5) is 16.2. The van der Waals surface area contributed by atoms with Gasteiger partial charge in [0.15, 0.2) is 0 Å². The third-order valence-corrected chi connectivity index (χ3v) is 3.29. The first-order valence-corrected chi connectivity index (χ1v) is 7.78. The molecule has 0 aliphatic heterocycles. The summed E-state index contributed by atoms with van der Waals surface area (Å²) >= 11 is 0. The Morgan fingerprint density at radius 3 is 2.80 bits per heavy atom. The van der Waals surface area contributed by atoms with Crippen molar-refractivity contribution in [3.05, 3.63) is 89.6 Å². The number of aromatic nitrogens is 1. The van der Waals surface area contributed by atoms with Gasteiger partial charge in [0.25, 0.3) is 0 Å². The first-order valence-electron chi connectivity index (χ1n) is 7.78. The van der Waals surface area contributed by atoms with Crippen LogP contribution in [0.25, 0.3) is 6.08 Å². The van der Waals surface area contributed by atoms with Crippen LogP contribution in [0.15, 0.2) is 71.3 Å². The first-order chi connectivity index (χ1) is 12.2. The number of rotatable bonds is 3. The van der Waals surface area contributed by atoms with Crippen LogP contribution >= 0.6 is 0 Å². The van der Waals surface area contributed by atoms with Gasteiger partial charge in [0.05, 0.1) is 0 Å². The van der Waals surface area contributed by atoms with Gasteiger partial charge in [-0.2, -0.15) is 0 Å². The number of benzene rings is 1. The van der Waals surface area contributed by atoms with Crippen molar-refractivity contribution in [2.24, 2.45) is 0 Å². The summed E-state index contributed by atoms with van der Waals surface area (Å²) in [6, 6.07) is 16.6. The number of carbonyl (C=O) groups excluding carboxylic acids is 1. The predicted octanol–water partition coefficient (Wildman–Crippen LogP) is 4.03. The number of nitrogens with one attached hydrogen (secondary N) is 1. The van der Waals surface area contributed by atoms with Gasteiger partial charge in [0.2, 0.25) is 5.91 Å². The molecule has 2 heterocycles. The quantitative estimate of drug-likeness (QED) is 0.583. The Balaban J connectivity index is 1.66. The minimum Gasteiger partial charge on any atom is -0.462 e. The van der Waals surface area contributed by atoms with Crippen LogP contribution in [0.5, 0.6) is 0 Å². The van der Waals surface area contributed by atoms with E-state index in [9.17, 15) is 4.79 Å². The molecule has 1 N–H and O–H groups in total. The maximum Gasteiger partial charge on any atom is 0.248 e. The molecule has 0 radical (unpaired) electrons. The number of furan rings is 1. The van der Waals surface area contributed by atoms with Crippen molar-refractivity contribution in [3.63, 3.8) is 0 Å². The van der Waals surface area contributed by atoms with Crippen molar-refractivity contribution < 1.29 is 9.21 Å². The highest BCUT2D eigenvalue weighted by atomic mass is 16.3. The first kappa shape index (κ1) is 16.3. The van der Waals surface area contributed by atoms with E-state index in [1.54, 1.807) is 12.3 Å². The van der Waals surface area contributed by atoms with Gasteiger partial charge >= 0.3 is 0 Å². The third-order valence-electron chi connectivity index (χ3n) is 3.29. The number of amides is 1. The summed E-state index contributed by atoms with van der Waals surface area (Å²) in [5.41, 5.74) is 2.18. The minimum absolute atomic E-state index is 0.233. The molecular weight excluding hydrogens is 312 g/mol. The van der Waals surface area contributed by atoms with E-state index in [1.165, 1.54) is 6.08 Å². The van der Waals surface area contributed by atoms with E-state index in [4.69, 9.17) is 4.42 Å². The molecule has 3 aromatic rings. The normalized spacial score (nSPS) is 10.3. The summed E-state index contributed by atoms with van der Waals surface area (Å²) in [6.07, 6.45) is 4.77. The molecule has 0 saturated heterocycles. The fourth-order valence-electron chi connectivity index (χ4n) is 2.13. The van der Waals surface area contributed by atoms with Crippen molar-refractivity contribution >= 4 is 17.7 Å². The topological polar surface area (TPSA) is 55.1 Å². The van der Waals surface area contributed by atoms with Crippen LogP contribution in [0.1, 0.15) is 22.8 Å². The number of anilines is 1. The second kappa shape index (κ2) is 7.80. The Hall–Kier alpha value is -3.58. The van der Waals surface area contributed by atoms with Crippen LogP contribution in [0.4, 0.5) is 5.69 Å². The molecule has 25 heavy (non-hydrogen) atoms. The monoisotopic (exact) mass is 328 g/mol. The van der Waals surface area contributed by atoms with Crippen molar-refractivity contribution in [1.82, 2.24) is 4.98 Å². The molecule has 0 fully saturated rings. The predicted molar refractivity (Wildman–Crippen MR) is 97.8 cm³/mol. The van der Waals surface area contributed by atoms with Gasteiger partial charge < -0.3 is 9.73 Å². The highest BCUT2D eigenvalue weighted by molar-refractivity contribution is 6.01. The molecule has 0 spiro atoms. The number of carbonyl (C=O) groups is 1. The summed E-state index contributed by atoms with van der Waals surface area (Å²) in [5.74, 6) is 7.24. The molecule has 4 nitrogen and oxygen atoms in total. The molecule has 122 valence electrons. The highest BCUT2D eigenvalue weighted by Crippen LogP contribution is 2.11. The number of aryl methyl sites for hydroxylation is 1. The standard InChI is InChI=1S/C21H16N2O2/c1-16-8-11-20(25-16)12-13-21(24)23-19-7-4-5-17(15-19)9-10-18-6-2-3-14-22-18/h2-8,11-15H,1H3,(H,23,24)/b13-12+. The lowest BCUT2D eigenvalue weighted by atomic mass is 10.2. The van der Waals surface area contributed by atoms with Crippen molar-refractivity contribution in [2.45, 2.75) is 6.92 Å². The van der Waals surface area contributed by atoms with E-state index in [0.29, 0.717) is 17.1 Å². The molecule has 0 aliphatic rings. The average Bonchev–Trinajstić information content (AvgIpc) is 3.05. The maximum absolute atomic E-state index is 12.0. The lowest BCUT2D eigenvalue weighted by molar-refractivity contribution is -0.111. The van der Waals surface area contributed by atoms with Gasteiger partial charge in [-0.15, -0.1) is 0 Å². The van der Waals surface area contributed by atoms with Gasteiger partial charge in [-0.3, -0.25) is 4.79 Å². The Morgan fingerprint density at radius 2 is 2.04 bits per heavy atom. The van der Waals surface area contributed by atoms with E-state index >= 15 is 0 Å². The lowest BCUT2D eigenvalue weighted by Gasteiger charge is -2.02. The van der Waals surface area contributed by atoms with Crippen LogP contribution in [0.2, 0.25) is 0 Å². The molecule has 3 rings (SSSR count). The second-order valence-corrected chi connectivity index (χ2v) is 5.32. The molecule has 1 aromatic carbocycles. The molecule has 1 amide bonds. The van der Waals surface area contributed by atoms with E-state index in [-0.39, 0.29) is 5.91 Å². The van der Waals surface area contributed by atoms with Crippen LogP contribution in [-0.4, -0.2) is 10.9 Å². The summed E-state index contributed by atoms with van der Waals surface area (Å²) < 4.78 is 5.39. The zero-order valence-electron chi connectivity index (χ0n) is 13.7. The van der Waals surface area contributed by atoms with Crippen molar-refractivity contribution in [1.29, 1.82) is 0 Å². The molecule has 0 saturated carbocycles. The van der Waals surface area contributed by atoms with Gasteiger partial charge in [-0.05, 0) is 61.4 Å². The van der Waals surface area contributed by atoms with Gasteiger partial charge in [-0.25, -0.2) is 4.98 Å². The molecule has 0 atom stereocenters. The molecule has 0 unspecified atom stereocenters. The Kier molecular flexibility index (Phi) is 5.08. The van der Waals surface area contributed by atoms with Gasteiger partial charge in [0.1, 0.15) is 17.2 Å². The van der Waals surface area contributed by atoms with Gasteiger partial charge in [0, 0.05) is 23.5 Å². The fourth-order valence-corrected chi connectivity index (χ4v) is 2.13. The molecule has 2 aromatic heterocycles. The van der Waals surface area contributed by atoms with Crippen LogP contribution in [0.3, 0.4) is 0 Å². The SMILES string of the molecule is Cc1ccc(/C=C/C(=O)Nc2cccc(C#Cc3ccccn3)c2)o1. The van der Waals surface area contributed by atoms with Crippen LogP contribution in [0, 0.1) is 18.8 Å². The molecular formula is C21H16N2O2. The Morgan fingerprint density at radius 1 is 1.12 bits per heavy atom. The van der Waals surface area contributed by atoms with E-state index in [2.05, 4.69) is 22.1 Å². The van der Waals surface area contributed by atoms with Crippen molar-refractivity contribution in [3.8, 4) is 11.8 Å². The summed E-state index contributed by atoms with van der Waals surface area (Å²) in [7, 11) is 0. The second-order valence-electron chi connectivity index (χ2n) is 5.32. The molecule has 0 bridgehead atoms. The average molecular weight is 328 g/mol. The van der Waals surface area contributed by atoms with E-state index in [1.807, 2.05) is 61.5 Å². The minimum atomic E-state index is -0.233. The van der Waals surface area contributed by atoms with Gasteiger partial charge in [-0.1, -0.05) is 18.1 Å².